The van der Waals surface area contributed by atoms with Crippen LogP contribution in [0.5, 0.6) is 5.75 Å². The fraction of sp³-hybridized carbons (Fsp3) is 0.387. The summed E-state index contributed by atoms with van der Waals surface area (Å²) in [5, 5.41) is 10.0. The third-order valence-electron chi connectivity index (χ3n) is 8.04. The highest BCUT2D eigenvalue weighted by atomic mass is 35.5. The average Bonchev–Trinajstić information content (AvgIpc) is 3.48. The highest BCUT2D eigenvalue weighted by Crippen LogP contribution is 2.55. The van der Waals surface area contributed by atoms with Crippen LogP contribution >= 0.6 is 11.6 Å². The van der Waals surface area contributed by atoms with Crippen molar-refractivity contribution in [3.05, 3.63) is 82.3 Å². The van der Waals surface area contributed by atoms with E-state index in [4.69, 9.17) is 21.1 Å². The number of esters is 1. The Hall–Kier alpha value is -3.69. The number of hydrogen-bond donors (Lipinski definition) is 3. The van der Waals surface area contributed by atoms with Gasteiger partial charge >= 0.3 is 5.97 Å². The Morgan fingerprint density at radius 1 is 1.17 bits per heavy atom. The number of methoxy groups -OCH3 is 2. The molecule has 2 aliphatic heterocycles. The van der Waals surface area contributed by atoms with E-state index in [0.717, 1.165) is 11.4 Å². The van der Waals surface area contributed by atoms with Gasteiger partial charge in [0.1, 0.15) is 22.9 Å². The van der Waals surface area contributed by atoms with Gasteiger partial charge in [-0.3, -0.25) is 4.79 Å². The standard InChI is InChI=1S/C31H34ClFN4O4/c1-30(2,3)15-23-31(16-35-27-20(31)9-7-13-34-27)24(19-8-6-10-21(32)25(19)33)26(37-23)28(38)36-17-11-12-18(29(39)41-5)22(14-17)40-4/h6-14,23-24,26,37H,15-16H2,1-5H3,(H,34,35)(H,36,38)/t23-,24-,26+,31+/m0/s1. The van der Waals surface area contributed by atoms with Gasteiger partial charge in [-0.15, -0.1) is 0 Å². The summed E-state index contributed by atoms with van der Waals surface area (Å²) in [4.78, 5) is 30.8. The molecule has 0 radical (unpaired) electrons. The van der Waals surface area contributed by atoms with Crippen LogP contribution in [0.4, 0.5) is 15.9 Å². The number of hydrogen-bond acceptors (Lipinski definition) is 7. The predicted octanol–water partition coefficient (Wildman–Crippen LogP) is 5.53. The van der Waals surface area contributed by atoms with Crippen LogP contribution < -0.4 is 20.7 Å². The van der Waals surface area contributed by atoms with Gasteiger partial charge in [-0.25, -0.2) is 14.2 Å². The van der Waals surface area contributed by atoms with Gasteiger partial charge in [-0.1, -0.05) is 50.6 Å². The van der Waals surface area contributed by atoms with Crippen LogP contribution in [0.25, 0.3) is 0 Å². The molecular formula is C31H34ClFN4O4. The lowest BCUT2D eigenvalue weighted by molar-refractivity contribution is -0.118. The van der Waals surface area contributed by atoms with Gasteiger partial charge in [0.05, 0.1) is 25.3 Å². The Balaban J connectivity index is 1.62. The summed E-state index contributed by atoms with van der Waals surface area (Å²) in [5.41, 5.74) is 1.15. The Morgan fingerprint density at radius 3 is 2.66 bits per heavy atom. The van der Waals surface area contributed by atoms with Crippen LogP contribution in [0.1, 0.15) is 54.6 Å². The summed E-state index contributed by atoms with van der Waals surface area (Å²) in [5.74, 6) is -1.09. The summed E-state index contributed by atoms with van der Waals surface area (Å²) < 4.78 is 26.1. The van der Waals surface area contributed by atoms with Gasteiger partial charge in [-0.2, -0.15) is 0 Å². The van der Waals surface area contributed by atoms with Crippen LogP contribution in [0.15, 0.2) is 54.7 Å². The van der Waals surface area contributed by atoms with Gasteiger partial charge < -0.3 is 25.4 Å². The number of aromatic nitrogens is 1. The van der Waals surface area contributed by atoms with E-state index in [1.807, 2.05) is 12.1 Å². The monoisotopic (exact) mass is 580 g/mol. The van der Waals surface area contributed by atoms with Crippen molar-refractivity contribution in [2.75, 3.05) is 31.4 Å². The second kappa shape index (κ2) is 10.9. The Bertz CT molecular complexity index is 1490. The molecule has 41 heavy (non-hydrogen) atoms. The largest absolute Gasteiger partial charge is 0.496 e. The van der Waals surface area contributed by atoms with E-state index in [-0.39, 0.29) is 33.7 Å². The molecule has 1 fully saturated rings. The highest BCUT2D eigenvalue weighted by molar-refractivity contribution is 6.30. The van der Waals surface area contributed by atoms with E-state index in [1.54, 1.807) is 30.5 Å². The van der Waals surface area contributed by atoms with E-state index >= 15 is 4.39 Å². The second-order valence-corrected chi connectivity index (χ2v) is 12.2. The average molecular weight is 581 g/mol. The number of nitrogens with one attached hydrogen (secondary N) is 3. The van der Waals surface area contributed by atoms with E-state index in [9.17, 15) is 9.59 Å². The molecule has 0 aliphatic carbocycles. The lowest BCUT2D eigenvalue weighted by atomic mass is 9.63. The number of fused-ring (bicyclic) bond motifs is 2. The minimum absolute atomic E-state index is 0.00317. The predicted molar refractivity (Wildman–Crippen MR) is 156 cm³/mol. The van der Waals surface area contributed by atoms with Crippen molar-refractivity contribution >= 4 is 35.0 Å². The molecule has 0 saturated carbocycles. The number of ether oxygens (including phenoxy) is 2. The Kier molecular flexibility index (Phi) is 7.70. The SMILES string of the molecule is COC(=O)c1ccc(NC(=O)[C@@H]2N[C@@H](CC(C)(C)C)[C@]3(CNc4ncccc43)[C@H]2c2cccc(Cl)c2F)cc1OC. The summed E-state index contributed by atoms with van der Waals surface area (Å²) in [6, 6.07) is 12.5. The number of carbonyl (C=O) groups excluding carboxylic acids is 2. The van der Waals surface area contributed by atoms with E-state index in [2.05, 4.69) is 41.7 Å². The highest BCUT2D eigenvalue weighted by Gasteiger charge is 2.62. The summed E-state index contributed by atoms with van der Waals surface area (Å²) >= 11 is 6.30. The minimum atomic E-state index is -0.824. The smallest absolute Gasteiger partial charge is 0.341 e. The molecule has 1 saturated heterocycles. The first-order valence-corrected chi connectivity index (χ1v) is 13.8. The van der Waals surface area contributed by atoms with Crippen LogP contribution in [0.2, 0.25) is 5.02 Å². The van der Waals surface area contributed by atoms with Crippen molar-refractivity contribution < 1.29 is 23.5 Å². The van der Waals surface area contributed by atoms with Crippen molar-refractivity contribution in [1.82, 2.24) is 10.3 Å². The lowest BCUT2D eigenvalue weighted by Gasteiger charge is -2.39. The van der Waals surface area contributed by atoms with Gasteiger partial charge in [0.15, 0.2) is 0 Å². The third-order valence-corrected chi connectivity index (χ3v) is 8.33. The maximum atomic E-state index is 15.9. The normalized spacial score (nSPS) is 23.1. The first-order valence-electron chi connectivity index (χ1n) is 13.5. The van der Waals surface area contributed by atoms with Crippen LogP contribution in [0.3, 0.4) is 0 Å². The molecule has 5 rings (SSSR count). The molecule has 8 nitrogen and oxygen atoms in total. The van der Waals surface area contributed by atoms with Crippen molar-refractivity contribution in [2.24, 2.45) is 5.41 Å². The van der Waals surface area contributed by atoms with Gasteiger partial charge in [0.2, 0.25) is 5.91 Å². The maximum Gasteiger partial charge on any atom is 0.341 e. The molecule has 4 atom stereocenters. The number of halogens is 2. The lowest BCUT2D eigenvalue weighted by Crippen LogP contribution is -2.46. The van der Waals surface area contributed by atoms with Crippen molar-refractivity contribution in [1.29, 1.82) is 0 Å². The number of amides is 1. The molecule has 2 aliphatic rings. The zero-order valence-corrected chi connectivity index (χ0v) is 24.4. The van der Waals surface area contributed by atoms with E-state index in [0.29, 0.717) is 24.2 Å². The molecule has 1 spiro atoms. The van der Waals surface area contributed by atoms with E-state index in [1.165, 1.54) is 26.4 Å². The third kappa shape index (κ3) is 5.13. The first-order chi connectivity index (χ1) is 19.5. The van der Waals surface area contributed by atoms with Gasteiger partial charge in [0, 0.05) is 47.4 Å². The molecule has 10 heteroatoms. The van der Waals surface area contributed by atoms with E-state index < -0.39 is 29.2 Å². The molecule has 3 aromatic rings. The molecule has 216 valence electrons. The molecule has 0 unspecified atom stereocenters. The van der Waals surface area contributed by atoms with Crippen LogP contribution in [-0.4, -0.2) is 49.7 Å². The molecule has 2 aromatic carbocycles. The van der Waals surface area contributed by atoms with Gasteiger partial charge in [-0.05, 0) is 41.7 Å². The maximum absolute atomic E-state index is 15.9. The minimum Gasteiger partial charge on any atom is -0.496 e. The topological polar surface area (TPSA) is 102 Å². The Morgan fingerprint density at radius 2 is 1.95 bits per heavy atom. The molecule has 3 N–H and O–H groups in total. The summed E-state index contributed by atoms with van der Waals surface area (Å²) in [6.07, 6.45) is 2.43. The quantitative estimate of drug-likeness (QED) is 0.329. The first kappa shape index (κ1) is 28.8. The zero-order valence-electron chi connectivity index (χ0n) is 23.7. The molecular weight excluding hydrogens is 547 g/mol. The van der Waals surface area contributed by atoms with Crippen molar-refractivity contribution in [3.8, 4) is 5.75 Å². The molecule has 0 bridgehead atoms. The van der Waals surface area contributed by atoms with Gasteiger partial charge in [0.25, 0.3) is 0 Å². The number of rotatable bonds is 6. The fourth-order valence-electron chi connectivity index (χ4n) is 6.38. The Labute approximate surface area is 244 Å². The molecule has 1 amide bonds. The zero-order chi connectivity index (χ0) is 29.5. The summed E-state index contributed by atoms with van der Waals surface area (Å²) in [6.45, 7) is 6.90. The van der Waals surface area contributed by atoms with Crippen molar-refractivity contribution in [2.45, 2.75) is 50.6 Å². The molecule has 1 aromatic heterocycles. The summed E-state index contributed by atoms with van der Waals surface area (Å²) in [7, 11) is 2.72. The number of benzene rings is 2. The number of pyridine rings is 1. The number of carbonyl (C=O) groups is 2. The number of nitrogens with zero attached hydrogens (tertiary/aromatic N) is 1. The molecule has 3 heterocycles. The van der Waals surface area contributed by atoms with Crippen LogP contribution in [-0.2, 0) is 14.9 Å². The fourth-order valence-corrected chi connectivity index (χ4v) is 6.56. The second-order valence-electron chi connectivity index (χ2n) is 11.8. The van der Waals surface area contributed by atoms with Crippen LogP contribution in [0, 0.1) is 11.2 Å². The number of anilines is 2. The van der Waals surface area contributed by atoms with Crippen molar-refractivity contribution in [3.63, 3.8) is 0 Å².